The molecule has 1 N–H and O–H groups in total. The Morgan fingerprint density at radius 1 is 1.38 bits per heavy atom. The standard InChI is InChI=1S/C13H26N2O/c1-4-6-10-15(3)12(16)13(7-5-2)8-9-14-11-13/h14H,4-11H2,1-3H3. The first kappa shape index (κ1) is 13.5. The molecular formula is C13H26N2O. The number of hydrogen-bond acceptors (Lipinski definition) is 2. The SMILES string of the molecule is CCCCN(C)C(=O)C1(CCC)CCNC1. The van der Waals surface area contributed by atoms with Gasteiger partial charge in [0.05, 0.1) is 5.41 Å². The first-order valence-electron chi connectivity index (χ1n) is 6.62. The quantitative estimate of drug-likeness (QED) is 0.751. The summed E-state index contributed by atoms with van der Waals surface area (Å²) < 4.78 is 0. The van der Waals surface area contributed by atoms with Gasteiger partial charge in [-0.15, -0.1) is 0 Å². The van der Waals surface area contributed by atoms with Gasteiger partial charge in [-0.25, -0.2) is 0 Å². The number of amides is 1. The molecule has 16 heavy (non-hydrogen) atoms. The summed E-state index contributed by atoms with van der Waals surface area (Å²) in [5, 5.41) is 3.34. The van der Waals surface area contributed by atoms with E-state index in [1.54, 1.807) is 0 Å². The van der Waals surface area contributed by atoms with Crippen molar-refractivity contribution in [1.82, 2.24) is 10.2 Å². The Morgan fingerprint density at radius 2 is 2.12 bits per heavy atom. The number of unbranched alkanes of at least 4 members (excludes halogenated alkanes) is 1. The van der Waals surface area contributed by atoms with Crippen molar-refractivity contribution >= 4 is 5.91 Å². The normalized spacial score (nSPS) is 24.7. The minimum Gasteiger partial charge on any atom is -0.345 e. The second kappa shape index (κ2) is 6.24. The van der Waals surface area contributed by atoms with Crippen LogP contribution >= 0.6 is 0 Å². The van der Waals surface area contributed by atoms with E-state index < -0.39 is 0 Å². The van der Waals surface area contributed by atoms with Crippen molar-refractivity contribution in [2.75, 3.05) is 26.7 Å². The van der Waals surface area contributed by atoms with Crippen molar-refractivity contribution in [3.05, 3.63) is 0 Å². The van der Waals surface area contributed by atoms with Gasteiger partial charge in [0.25, 0.3) is 0 Å². The van der Waals surface area contributed by atoms with Crippen LogP contribution in [0, 0.1) is 5.41 Å². The fraction of sp³-hybridized carbons (Fsp3) is 0.923. The summed E-state index contributed by atoms with van der Waals surface area (Å²) in [7, 11) is 1.95. The molecule has 1 aliphatic rings. The molecule has 1 heterocycles. The molecule has 0 bridgehead atoms. The fourth-order valence-electron chi connectivity index (χ4n) is 2.63. The third-order valence-electron chi connectivity index (χ3n) is 3.62. The molecule has 3 heteroatoms. The van der Waals surface area contributed by atoms with Gasteiger partial charge in [0.2, 0.25) is 5.91 Å². The first-order valence-corrected chi connectivity index (χ1v) is 6.62. The maximum Gasteiger partial charge on any atom is 0.229 e. The minimum absolute atomic E-state index is 0.1000. The van der Waals surface area contributed by atoms with Crippen LogP contribution in [0.4, 0.5) is 0 Å². The highest BCUT2D eigenvalue weighted by molar-refractivity contribution is 5.83. The Morgan fingerprint density at radius 3 is 2.62 bits per heavy atom. The molecule has 94 valence electrons. The fourth-order valence-corrected chi connectivity index (χ4v) is 2.63. The average molecular weight is 226 g/mol. The monoisotopic (exact) mass is 226 g/mol. The Hall–Kier alpha value is -0.570. The molecule has 1 unspecified atom stereocenters. The topological polar surface area (TPSA) is 32.3 Å². The lowest BCUT2D eigenvalue weighted by atomic mass is 9.81. The van der Waals surface area contributed by atoms with E-state index in [0.29, 0.717) is 5.91 Å². The average Bonchev–Trinajstić information content (AvgIpc) is 2.75. The maximum atomic E-state index is 12.4. The van der Waals surface area contributed by atoms with Crippen molar-refractivity contribution in [3.8, 4) is 0 Å². The highest BCUT2D eigenvalue weighted by Crippen LogP contribution is 2.33. The van der Waals surface area contributed by atoms with Crippen LogP contribution in [0.1, 0.15) is 46.0 Å². The first-order chi connectivity index (χ1) is 7.66. The lowest BCUT2D eigenvalue weighted by molar-refractivity contribution is -0.140. The maximum absolute atomic E-state index is 12.4. The molecule has 1 fully saturated rings. The Bertz CT molecular complexity index is 222. The second-order valence-corrected chi connectivity index (χ2v) is 5.04. The Labute approximate surface area is 99.6 Å². The molecule has 1 atom stereocenters. The van der Waals surface area contributed by atoms with Gasteiger partial charge in [0.1, 0.15) is 0 Å². The molecule has 0 radical (unpaired) electrons. The third kappa shape index (κ3) is 2.97. The second-order valence-electron chi connectivity index (χ2n) is 5.04. The van der Waals surface area contributed by atoms with Gasteiger partial charge in [-0.05, 0) is 25.8 Å². The van der Waals surface area contributed by atoms with E-state index in [1.165, 1.54) is 0 Å². The smallest absolute Gasteiger partial charge is 0.229 e. The van der Waals surface area contributed by atoms with Gasteiger partial charge in [0.15, 0.2) is 0 Å². The van der Waals surface area contributed by atoms with E-state index in [9.17, 15) is 4.79 Å². The van der Waals surface area contributed by atoms with Crippen LogP contribution in [0.5, 0.6) is 0 Å². The molecule has 1 rings (SSSR count). The summed E-state index contributed by atoms with van der Waals surface area (Å²) in [6.45, 7) is 7.10. The summed E-state index contributed by atoms with van der Waals surface area (Å²) in [4.78, 5) is 14.4. The molecule has 1 aliphatic heterocycles. The van der Waals surface area contributed by atoms with Crippen molar-refractivity contribution in [3.63, 3.8) is 0 Å². The summed E-state index contributed by atoms with van der Waals surface area (Å²) in [5.41, 5.74) is -0.1000. The highest BCUT2D eigenvalue weighted by Gasteiger charge is 2.41. The lowest BCUT2D eigenvalue weighted by Gasteiger charge is -2.31. The minimum atomic E-state index is -0.1000. The largest absolute Gasteiger partial charge is 0.345 e. The van der Waals surface area contributed by atoms with E-state index in [0.717, 1.165) is 51.7 Å². The number of rotatable bonds is 6. The van der Waals surface area contributed by atoms with Gasteiger partial charge in [-0.2, -0.15) is 0 Å². The van der Waals surface area contributed by atoms with Crippen molar-refractivity contribution < 1.29 is 4.79 Å². The van der Waals surface area contributed by atoms with E-state index in [4.69, 9.17) is 0 Å². The summed E-state index contributed by atoms with van der Waals surface area (Å²) in [6, 6.07) is 0. The van der Waals surface area contributed by atoms with Crippen LogP contribution in [0.3, 0.4) is 0 Å². The van der Waals surface area contributed by atoms with Crippen LogP contribution in [0.25, 0.3) is 0 Å². The van der Waals surface area contributed by atoms with Gasteiger partial charge in [-0.1, -0.05) is 26.7 Å². The van der Waals surface area contributed by atoms with E-state index >= 15 is 0 Å². The summed E-state index contributed by atoms with van der Waals surface area (Å²) in [5.74, 6) is 0.354. The zero-order valence-corrected chi connectivity index (χ0v) is 11.0. The number of hydrogen-bond donors (Lipinski definition) is 1. The summed E-state index contributed by atoms with van der Waals surface area (Å²) >= 11 is 0. The molecule has 1 saturated heterocycles. The zero-order valence-electron chi connectivity index (χ0n) is 11.0. The molecule has 3 nitrogen and oxygen atoms in total. The molecule has 0 saturated carbocycles. The summed E-state index contributed by atoms with van der Waals surface area (Å²) in [6.07, 6.45) is 5.38. The lowest BCUT2D eigenvalue weighted by Crippen LogP contribution is -2.43. The predicted molar refractivity (Wildman–Crippen MR) is 67.4 cm³/mol. The van der Waals surface area contributed by atoms with Crippen LogP contribution in [0.15, 0.2) is 0 Å². The Balaban J connectivity index is 2.60. The van der Waals surface area contributed by atoms with Gasteiger partial charge >= 0.3 is 0 Å². The zero-order chi connectivity index (χ0) is 12.0. The van der Waals surface area contributed by atoms with Gasteiger partial charge in [-0.3, -0.25) is 4.79 Å². The van der Waals surface area contributed by atoms with Crippen molar-refractivity contribution in [2.45, 2.75) is 46.0 Å². The van der Waals surface area contributed by atoms with Crippen LogP contribution in [-0.4, -0.2) is 37.5 Å². The third-order valence-corrected chi connectivity index (χ3v) is 3.62. The number of carbonyl (C=O) groups is 1. The number of nitrogens with zero attached hydrogens (tertiary/aromatic N) is 1. The van der Waals surface area contributed by atoms with Crippen molar-refractivity contribution in [2.24, 2.45) is 5.41 Å². The molecule has 0 aliphatic carbocycles. The molecule has 0 spiro atoms. The van der Waals surface area contributed by atoms with E-state index in [1.807, 2.05) is 11.9 Å². The van der Waals surface area contributed by atoms with Crippen LogP contribution in [-0.2, 0) is 4.79 Å². The molecule has 0 aromatic carbocycles. The van der Waals surface area contributed by atoms with Gasteiger partial charge in [0, 0.05) is 20.1 Å². The number of nitrogens with one attached hydrogen (secondary N) is 1. The van der Waals surface area contributed by atoms with E-state index in [2.05, 4.69) is 19.2 Å². The highest BCUT2D eigenvalue weighted by atomic mass is 16.2. The molecular weight excluding hydrogens is 200 g/mol. The Kier molecular flexibility index (Phi) is 5.26. The van der Waals surface area contributed by atoms with Crippen LogP contribution < -0.4 is 5.32 Å². The molecule has 1 amide bonds. The van der Waals surface area contributed by atoms with Crippen molar-refractivity contribution in [1.29, 1.82) is 0 Å². The molecule has 0 aromatic rings. The van der Waals surface area contributed by atoms with Gasteiger partial charge < -0.3 is 10.2 Å². The number of carbonyl (C=O) groups excluding carboxylic acids is 1. The molecule has 0 aromatic heterocycles. The van der Waals surface area contributed by atoms with Crippen LogP contribution in [0.2, 0.25) is 0 Å². The predicted octanol–water partition coefficient (Wildman–Crippen LogP) is 2.02. The van der Waals surface area contributed by atoms with E-state index in [-0.39, 0.29) is 5.41 Å².